The van der Waals surface area contributed by atoms with Gasteiger partial charge in [-0.1, -0.05) is 36.8 Å². The van der Waals surface area contributed by atoms with Crippen molar-refractivity contribution in [2.45, 2.75) is 38.9 Å². The molecule has 0 saturated carbocycles. The van der Waals surface area contributed by atoms with Crippen LogP contribution in [0, 0.1) is 0 Å². The summed E-state index contributed by atoms with van der Waals surface area (Å²) < 4.78 is 1.40. The van der Waals surface area contributed by atoms with Crippen LogP contribution in [0.1, 0.15) is 30.4 Å². The molecular formula is C25H26N4O2S2. The van der Waals surface area contributed by atoms with E-state index in [-0.39, 0.29) is 18.0 Å². The highest BCUT2D eigenvalue weighted by Crippen LogP contribution is 2.33. The van der Waals surface area contributed by atoms with Crippen LogP contribution in [-0.2, 0) is 24.4 Å². The van der Waals surface area contributed by atoms with Gasteiger partial charge < -0.3 is 5.32 Å². The molecule has 1 fully saturated rings. The lowest BCUT2D eigenvalue weighted by Gasteiger charge is -2.27. The minimum atomic E-state index is -0.195. The number of thiophene rings is 2. The van der Waals surface area contributed by atoms with Crippen LogP contribution >= 0.6 is 22.7 Å². The van der Waals surface area contributed by atoms with Crippen LogP contribution in [0.3, 0.4) is 0 Å². The molecule has 33 heavy (non-hydrogen) atoms. The van der Waals surface area contributed by atoms with Gasteiger partial charge in [-0.15, -0.1) is 22.7 Å². The van der Waals surface area contributed by atoms with E-state index in [0.717, 1.165) is 35.6 Å². The van der Waals surface area contributed by atoms with E-state index in [0.29, 0.717) is 16.8 Å². The fourth-order valence-corrected chi connectivity index (χ4v) is 6.06. The third-order valence-corrected chi connectivity index (χ3v) is 7.89. The lowest BCUT2D eigenvalue weighted by molar-refractivity contribution is -0.121. The molecule has 0 bridgehead atoms. The second-order valence-electron chi connectivity index (χ2n) is 8.37. The standard InChI is InChI=1S/C25H26N4O2S2/c30-22(26-13-18-7-2-3-8-19(18)14-28-10-4-1-5-11-28)15-29-17-27-24-23(25(29)31)20(16-33-24)21-9-6-12-32-21/h2-3,6-9,12,16-17H,1,4-5,10-11,13-15H2,(H,26,30). The maximum absolute atomic E-state index is 13.1. The van der Waals surface area contributed by atoms with Crippen LogP contribution in [0.15, 0.2) is 58.3 Å². The van der Waals surface area contributed by atoms with Gasteiger partial charge in [0.2, 0.25) is 5.91 Å². The van der Waals surface area contributed by atoms with Crippen molar-refractivity contribution >= 4 is 38.8 Å². The second-order valence-corrected chi connectivity index (χ2v) is 10.2. The van der Waals surface area contributed by atoms with Crippen LogP contribution in [0.2, 0.25) is 0 Å². The molecule has 5 rings (SSSR count). The summed E-state index contributed by atoms with van der Waals surface area (Å²) >= 11 is 3.05. The van der Waals surface area contributed by atoms with E-state index in [2.05, 4.69) is 33.4 Å². The first-order valence-electron chi connectivity index (χ1n) is 11.3. The fourth-order valence-electron chi connectivity index (χ4n) is 4.34. The molecule has 1 aliphatic heterocycles. The molecule has 1 saturated heterocycles. The van der Waals surface area contributed by atoms with Crippen molar-refractivity contribution in [3.05, 3.63) is 75.0 Å². The third kappa shape index (κ3) is 4.93. The number of carbonyl (C=O) groups excluding carboxylic acids is 1. The van der Waals surface area contributed by atoms with Gasteiger partial charge in [0, 0.05) is 28.9 Å². The van der Waals surface area contributed by atoms with Crippen LogP contribution in [0.5, 0.6) is 0 Å². The van der Waals surface area contributed by atoms with Crippen LogP contribution in [-0.4, -0.2) is 33.4 Å². The Balaban J connectivity index is 1.28. The molecule has 4 aromatic rings. The number of carbonyl (C=O) groups is 1. The average molecular weight is 479 g/mol. The summed E-state index contributed by atoms with van der Waals surface area (Å²) in [6.45, 7) is 3.59. The van der Waals surface area contributed by atoms with E-state index < -0.39 is 0 Å². The Hall–Kier alpha value is -2.81. The zero-order chi connectivity index (χ0) is 22.6. The first kappa shape index (κ1) is 22.0. The molecule has 0 radical (unpaired) electrons. The summed E-state index contributed by atoms with van der Waals surface area (Å²) in [6.07, 6.45) is 5.30. The Morgan fingerprint density at radius 2 is 1.85 bits per heavy atom. The van der Waals surface area contributed by atoms with Crippen LogP contribution in [0.25, 0.3) is 20.7 Å². The Morgan fingerprint density at radius 3 is 2.64 bits per heavy atom. The summed E-state index contributed by atoms with van der Waals surface area (Å²) in [5.41, 5.74) is 3.09. The molecule has 0 aliphatic carbocycles. The van der Waals surface area contributed by atoms with Crippen LogP contribution < -0.4 is 10.9 Å². The quantitative estimate of drug-likeness (QED) is 0.425. The predicted molar refractivity (Wildman–Crippen MR) is 135 cm³/mol. The first-order valence-corrected chi connectivity index (χ1v) is 13.0. The molecule has 1 aliphatic rings. The molecule has 0 spiro atoms. The number of hydrogen-bond acceptors (Lipinski definition) is 6. The number of fused-ring (bicyclic) bond motifs is 1. The maximum atomic E-state index is 13.1. The number of rotatable bonds is 7. The number of aromatic nitrogens is 2. The largest absolute Gasteiger partial charge is 0.350 e. The number of likely N-dealkylation sites (tertiary alicyclic amines) is 1. The van der Waals surface area contributed by atoms with E-state index in [4.69, 9.17) is 0 Å². The number of nitrogens with one attached hydrogen (secondary N) is 1. The van der Waals surface area contributed by atoms with E-state index in [1.165, 1.54) is 47.1 Å². The molecule has 0 atom stereocenters. The minimum absolute atomic E-state index is 0.0458. The van der Waals surface area contributed by atoms with Crippen molar-refractivity contribution in [1.82, 2.24) is 19.8 Å². The highest BCUT2D eigenvalue weighted by atomic mass is 32.1. The zero-order valence-electron chi connectivity index (χ0n) is 18.3. The van der Waals surface area contributed by atoms with E-state index in [1.54, 1.807) is 11.3 Å². The highest BCUT2D eigenvalue weighted by Gasteiger charge is 2.16. The van der Waals surface area contributed by atoms with E-state index in [1.807, 2.05) is 29.0 Å². The van der Waals surface area contributed by atoms with Crippen molar-refractivity contribution in [3.63, 3.8) is 0 Å². The van der Waals surface area contributed by atoms with Gasteiger partial charge >= 0.3 is 0 Å². The van der Waals surface area contributed by atoms with Gasteiger partial charge in [-0.25, -0.2) is 4.98 Å². The Labute approximate surface area is 200 Å². The van der Waals surface area contributed by atoms with Crippen molar-refractivity contribution < 1.29 is 4.79 Å². The number of amides is 1. The SMILES string of the molecule is O=C(Cn1cnc2scc(-c3cccs3)c2c1=O)NCc1ccccc1CN1CCCCC1. The zero-order valence-corrected chi connectivity index (χ0v) is 20.0. The molecule has 8 heteroatoms. The van der Waals surface area contributed by atoms with Gasteiger partial charge in [-0.05, 0) is 48.5 Å². The van der Waals surface area contributed by atoms with Gasteiger partial charge in [0.05, 0.1) is 11.7 Å². The summed E-state index contributed by atoms with van der Waals surface area (Å²) in [7, 11) is 0. The summed E-state index contributed by atoms with van der Waals surface area (Å²) in [4.78, 5) is 34.5. The van der Waals surface area contributed by atoms with Crippen LogP contribution in [0.4, 0.5) is 0 Å². The lowest BCUT2D eigenvalue weighted by atomic mass is 10.0. The van der Waals surface area contributed by atoms with Gasteiger partial charge in [0.15, 0.2) is 0 Å². The Kier molecular flexibility index (Phi) is 6.66. The number of hydrogen-bond donors (Lipinski definition) is 1. The summed E-state index contributed by atoms with van der Waals surface area (Å²) in [6, 6.07) is 12.2. The average Bonchev–Trinajstić information content (AvgIpc) is 3.51. The smallest absolute Gasteiger partial charge is 0.263 e. The molecule has 1 N–H and O–H groups in total. The number of benzene rings is 1. The topological polar surface area (TPSA) is 67.2 Å². The molecule has 6 nitrogen and oxygen atoms in total. The summed E-state index contributed by atoms with van der Waals surface area (Å²) in [5, 5.41) is 7.54. The molecule has 0 unspecified atom stereocenters. The van der Waals surface area contributed by atoms with Crippen molar-refractivity contribution in [2.24, 2.45) is 0 Å². The van der Waals surface area contributed by atoms with Crippen molar-refractivity contribution in [2.75, 3.05) is 13.1 Å². The van der Waals surface area contributed by atoms with Crippen molar-refractivity contribution in [3.8, 4) is 10.4 Å². The fraction of sp³-hybridized carbons (Fsp3) is 0.320. The maximum Gasteiger partial charge on any atom is 0.263 e. The van der Waals surface area contributed by atoms with Gasteiger partial charge in [-0.2, -0.15) is 0 Å². The van der Waals surface area contributed by atoms with E-state index >= 15 is 0 Å². The minimum Gasteiger partial charge on any atom is -0.350 e. The monoisotopic (exact) mass is 478 g/mol. The molecule has 170 valence electrons. The molecular weight excluding hydrogens is 452 g/mol. The lowest BCUT2D eigenvalue weighted by Crippen LogP contribution is -2.33. The summed E-state index contributed by atoms with van der Waals surface area (Å²) in [5.74, 6) is -0.195. The first-order chi connectivity index (χ1) is 16.2. The molecule has 3 aromatic heterocycles. The van der Waals surface area contributed by atoms with Gasteiger partial charge in [-0.3, -0.25) is 19.1 Å². The van der Waals surface area contributed by atoms with Crippen molar-refractivity contribution in [1.29, 1.82) is 0 Å². The van der Waals surface area contributed by atoms with E-state index in [9.17, 15) is 9.59 Å². The Bertz CT molecular complexity index is 1300. The molecule has 1 amide bonds. The predicted octanol–water partition coefficient (Wildman–Crippen LogP) is 4.49. The van der Waals surface area contributed by atoms with Gasteiger partial charge in [0.25, 0.3) is 5.56 Å². The highest BCUT2D eigenvalue weighted by molar-refractivity contribution is 7.18. The third-order valence-electron chi connectivity index (χ3n) is 6.10. The second kappa shape index (κ2) is 9.99. The number of piperidine rings is 1. The Morgan fingerprint density at radius 1 is 1.03 bits per heavy atom. The van der Waals surface area contributed by atoms with Gasteiger partial charge in [0.1, 0.15) is 11.4 Å². The number of nitrogens with zero attached hydrogens (tertiary/aromatic N) is 3. The normalized spacial score (nSPS) is 14.5. The molecule has 1 aromatic carbocycles. The molecule has 4 heterocycles.